The second kappa shape index (κ2) is 6.11. The summed E-state index contributed by atoms with van der Waals surface area (Å²) >= 11 is 8.37. The molecule has 2 aromatic rings. The molecule has 1 N–H and O–H groups in total. The summed E-state index contributed by atoms with van der Waals surface area (Å²) in [4.78, 5) is 3.03. The van der Waals surface area contributed by atoms with Crippen molar-refractivity contribution in [3.63, 3.8) is 0 Å². The maximum absolute atomic E-state index is 6.40. The number of rotatable bonds is 5. The normalized spacial score (nSPS) is 15.4. The van der Waals surface area contributed by atoms with Crippen LogP contribution in [0.1, 0.15) is 46.0 Å². The van der Waals surface area contributed by atoms with Crippen molar-refractivity contribution in [3.05, 3.63) is 37.8 Å². The topological polar surface area (TPSA) is 29.9 Å². The Bertz CT molecular complexity index is 623. The second-order valence-corrected chi connectivity index (χ2v) is 7.27. The van der Waals surface area contributed by atoms with Gasteiger partial charge in [0.15, 0.2) is 0 Å². The second-order valence-electron chi connectivity index (χ2n) is 5.74. The van der Waals surface area contributed by atoms with Gasteiger partial charge in [0.25, 0.3) is 0 Å². The number of nitrogens with zero attached hydrogens (tertiary/aromatic N) is 2. The maximum Gasteiger partial charge on any atom is 0.130 e. The van der Waals surface area contributed by atoms with Gasteiger partial charge in [0.05, 0.1) is 5.69 Å². The van der Waals surface area contributed by atoms with Gasteiger partial charge in [-0.15, -0.1) is 11.3 Å². The Morgan fingerprint density at radius 1 is 1.48 bits per heavy atom. The van der Waals surface area contributed by atoms with E-state index in [-0.39, 0.29) is 0 Å². The molecule has 114 valence electrons. The van der Waals surface area contributed by atoms with E-state index in [0.29, 0.717) is 6.04 Å². The van der Waals surface area contributed by atoms with Crippen LogP contribution in [0.2, 0.25) is 5.15 Å². The van der Waals surface area contributed by atoms with Gasteiger partial charge < -0.3 is 5.32 Å². The Labute approximate surface area is 135 Å². The van der Waals surface area contributed by atoms with Crippen LogP contribution in [0.25, 0.3) is 0 Å². The number of fused-ring (bicyclic) bond motifs is 1. The fourth-order valence-corrected chi connectivity index (χ4v) is 4.74. The van der Waals surface area contributed by atoms with E-state index in [1.807, 2.05) is 25.3 Å². The molecule has 1 atom stereocenters. The van der Waals surface area contributed by atoms with Crippen molar-refractivity contribution in [2.45, 2.75) is 45.6 Å². The van der Waals surface area contributed by atoms with Crippen molar-refractivity contribution >= 4 is 22.9 Å². The highest BCUT2D eigenvalue weighted by Gasteiger charge is 2.22. The van der Waals surface area contributed by atoms with E-state index >= 15 is 0 Å². The van der Waals surface area contributed by atoms with Crippen molar-refractivity contribution in [2.24, 2.45) is 7.05 Å². The number of hydrogen-bond acceptors (Lipinski definition) is 3. The standard InChI is InChI=1S/C16H22ClN3S/c1-4-18-13(9-12-10(2)19-20(3)16(12)17)15-8-11-6-5-7-14(11)21-15/h8,13,18H,4-7,9H2,1-3H3. The number of hydrogen-bond donors (Lipinski definition) is 1. The molecule has 1 aliphatic rings. The molecule has 2 heterocycles. The molecule has 0 radical (unpaired) electrons. The fourth-order valence-electron chi connectivity index (χ4n) is 3.15. The molecule has 1 unspecified atom stereocenters. The molecule has 2 aromatic heterocycles. The van der Waals surface area contributed by atoms with Crippen LogP contribution in [0.15, 0.2) is 6.07 Å². The molecule has 3 rings (SSSR count). The molecule has 21 heavy (non-hydrogen) atoms. The van der Waals surface area contributed by atoms with Gasteiger partial charge in [-0.05, 0) is 50.8 Å². The summed E-state index contributed by atoms with van der Waals surface area (Å²) in [5.74, 6) is 0. The highest BCUT2D eigenvalue weighted by Crippen LogP contribution is 2.35. The molecule has 0 spiro atoms. The first-order valence-corrected chi connectivity index (χ1v) is 8.82. The molecular formula is C16H22ClN3S. The Balaban J connectivity index is 1.87. The van der Waals surface area contributed by atoms with Gasteiger partial charge in [-0.25, -0.2) is 0 Å². The van der Waals surface area contributed by atoms with Crippen LogP contribution in [0, 0.1) is 6.92 Å². The van der Waals surface area contributed by atoms with Crippen LogP contribution in [0.5, 0.6) is 0 Å². The molecule has 0 saturated carbocycles. The number of halogens is 1. The first-order chi connectivity index (χ1) is 10.1. The summed E-state index contributed by atoms with van der Waals surface area (Å²) < 4.78 is 1.77. The summed E-state index contributed by atoms with van der Waals surface area (Å²) in [6.45, 7) is 5.16. The molecular weight excluding hydrogens is 302 g/mol. The van der Waals surface area contributed by atoms with Crippen molar-refractivity contribution in [1.29, 1.82) is 0 Å². The average Bonchev–Trinajstić information content (AvgIpc) is 3.08. The SMILES string of the molecule is CCNC(Cc1c(C)nn(C)c1Cl)c1cc2c(s1)CCC2. The van der Waals surface area contributed by atoms with Crippen molar-refractivity contribution in [3.8, 4) is 0 Å². The van der Waals surface area contributed by atoms with Gasteiger partial charge in [-0.2, -0.15) is 5.10 Å². The van der Waals surface area contributed by atoms with Gasteiger partial charge in [-0.3, -0.25) is 4.68 Å². The molecule has 1 aliphatic carbocycles. The Morgan fingerprint density at radius 3 is 2.90 bits per heavy atom. The van der Waals surface area contributed by atoms with Crippen molar-refractivity contribution < 1.29 is 0 Å². The molecule has 0 bridgehead atoms. The fraction of sp³-hybridized carbons (Fsp3) is 0.562. The lowest BCUT2D eigenvalue weighted by Gasteiger charge is -2.16. The zero-order chi connectivity index (χ0) is 15.0. The highest BCUT2D eigenvalue weighted by atomic mass is 35.5. The van der Waals surface area contributed by atoms with E-state index in [4.69, 9.17) is 11.6 Å². The quantitative estimate of drug-likeness (QED) is 0.906. The van der Waals surface area contributed by atoms with Gasteiger partial charge in [0, 0.05) is 28.4 Å². The van der Waals surface area contributed by atoms with Crippen LogP contribution >= 0.6 is 22.9 Å². The predicted octanol–water partition coefficient (Wildman–Crippen LogP) is 3.83. The minimum absolute atomic E-state index is 0.339. The lowest BCUT2D eigenvalue weighted by molar-refractivity contribution is 0.556. The van der Waals surface area contributed by atoms with E-state index < -0.39 is 0 Å². The monoisotopic (exact) mass is 323 g/mol. The first kappa shape index (κ1) is 15.1. The number of nitrogens with one attached hydrogen (secondary N) is 1. The van der Waals surface area contributed by atoms with Crippen molar-refractivity contribution in [2.75, 3.05) is 6.54 Å². The van der Waals surface area contributed by atoms with E-state index in [1.165, 1.54) is 29.7 Å². The highest BCUT2D eigenvalue weighted by molar-refractivity contribution is 7.12. The number of thiophene rings is 1. The van der Waals surface area contributed by atoms with E-state index in [0.717, 1.165) is 23.8 Å². The third kappa shape index (κ3) is 2.89. The predicted molar refractivity (Wildman–Crippen MR) is 89.4 cm³/mol. The zero-order valence-corrected chi connectivity index (χ0v) is 14.4. The van der Waals surface area contributed by atoms with E-state index in [2.05, 4.69) is 23.4 Å². The molecule has 0 amide bonds. The first-order valence-electron chi connectivity index (χ1n) is 7.63. The van der Waals surface area contributed by atoms with Crippen LogP contribution in [-0.4, -0.2) is 16.3 Å². The third-order valence-electron chi connectivity index (χ3n) is 4.24. The summed E-state index contributed by atoms with van der Waals surface area (Å²) in [6, 6.07) is 2.74. The molecule has 5 heteroatoms. The number of likely N-dealkylation sites (N-methyl/N-ethyl adjacent to an activating group) is 1. The smallest absolute Gasteiger partial charge is 0.130 e. The molecule has 0 fully saturated rings. The van der Waals surface area contributed by atoms with Crippen LogP contribution in [-0.2, 0) is 26.3 Å². The Kier molecular flexibility index (Phi) is 4.38. The lowest BCUT2D eigenvalue weighted by Crippen LogP contribution is -2.22. The van der Waals surface area contributed by atoms with Gasteiger partial charge in [-0.1, -0.05) is 18.5 Å². The number of aryl methyl sites for hydroxylation is 4. The van der Waals surface area contributed by atoms with Crippen molar-refractivity contribution in [1.82, 2.24) is 15.1 Å². The Hall–Kier alpha value is -0.840. The van der Waals surface area contributed by atoms with Crippen LogP contribution in [0.4, 0.5) is 0 Å². The minimum Gasteiger partial charge on any atom is -0.309 e. The van der Waals surface area contributed by atoms with E-state index in [1.54, 1.807) is 15.1 Å². The molecule has 0 saturated heterocycles. The summed E-state index contributed by atoms with van der Waals surface area (Å²) in [5.41, 5.74) is 3.76. The molecule has 0 aliphatic heterocycles. The summed E-state index contributed by atoms with van der Waals surface area (Å²) in [6.07, 6.45) is 4.73. The van der Waals surface area contributed by atoms with E-state index in [9.17, 15) is 0 Å². The lowest BCUT2D eigenvalue weighted by atomic mass is 10.0. The molecule has 3 nitrogen and oxygen atoms in total. The van der Waals surface area contributed by atoms with Gasteiger partial charge in [0.1, 0.15) is 5.15 Å². The minimum atomic E-state index is 0.339. The summed E-state index contributed by atoms with van der Waals surface area (Å²) in [5, 5.41) is 8.81. The largest absolute Gasteiger partial charge is 0.309 e. The van der Waals surface area contributed by atoms with Gasteiger partial charge in [0.2, 0.25) is 0 Å². The Morgan fingerprint density at radius 2 is 2.29 bits per heavy atom. The third-order valence-corrected chi connectivity index (χ3v) is 6.06. The average molecular weight is 324 g/mol. The summed E-state index contributed by atoms with van der Waals surface area (Å²) in [7, 11) is 1.90. The number of aromatic nitrogens is 2. The van der Waals surface area contributed by atoms with Crippen LogP contribution < -0.4 is 5.32 Å². The van der Waals surface area contributed by atoms with Crippen LogP contribution in [0.3, 0.4) is 0 Å². The maximum atomic E-state index is 6.40. The molecule has 0 aromatic carbocycles. The van der Waals surface area contributed by atoms with Gasteiger partial charge >= 0.3 is 0 Å². The zero-order valence-electron chi connectivity index (χ0n) is 12.9.